The second-order valence-electron chi connectivity index (χ2n) is 4.73. The molecule has 0 aliphatic heterocycles. The molecule has 0 spiro atoms. The molecule has 0 N–H and O–H groups in total. The minimum absolute atomic E-state index is 0.257. The van der Waals surface area contributed by atoms with Gasteiger partial charge in [-0.2, -0.15) is 0 Å². The van der Waals surface area contributed by atoms with Gasteiger partial charge >= 0.3 is 0 Å². The Morgan fingerprint density at radius 2 is 2.20 bits per heavy atom. The van der Waals surface area contributed by atoms with E-state index in [-0.39, 0.29) is 5.92 Å². The van der Waals surface area contributed by atoms with Gasteiger partial charge in [-0.3, -0.25) is 4.79 Å². The first-order chi connectivity index (χ1) is 7.15. The number of carbonyl (C=O) groups excluding carboxylic acids is 1. The average molecular weight is 209 g/mol. The van der Waals surface area contributed by atoms with Gasteiger partial charge in [0.05, 0.1) is 0 Å². The molecule has 0 bridgehead atoms. The lowest BCUT2D eigenvalue weighted by Crippen LogP contribution is -2.24. The molecule has 0 aromatic carbocycles. The first-order valence-electron chi connectivity index (χ1n) is 6.03. The minimum Gasteiger partial charge on any atom is -0.309 e. The summed E-state index contributed by atoms with van der Waals surface area (Å²) in [4.78, 5) is 14.0. The molecule has 0 heterocycles. The SMILES string of the molecule is CCCC/C=C1/CCC(CN(C)C)C1=O. The Morgan fingerprint density at radius 3 is 2.80 bits per heavy atom. The van der Waals surface area contributed by atoms with E-state index in [0.717, 1.165) is 31.4 Å². The van der Waals surface area contributed by atoms with Crippen molar-refractivity contribution in [1.29, 1.82) is 0 Å². The van der Waals surface area contributed by atoms with Crippen molar-refractivity contribution in [3.05, 3.63) is 11.6 Å². The lowest BCUT2D eigenvalue weighted by atomic mass is 10.1. The summed E-state index contributed by atoms with van der Waals surface area (Å²) in [6.07, 6.45) is 7.71. The van der Waals surface area contributed by atoms with Crippen molar-refractivity contribution >= 4 is 5.78 Å². The van der Waals surface area contributed by atoms with Crippen LogP contribution in [0.4, 0.5) is 0 Å². The van der Waals surface area contributed by atoms with Crippen molar-refractivity contribution in [3.8, 4) is 0 Å². The molecule has 1 aliphatic rings. The van der Waals surface area contributed by atoms with Crippen molar-refractivity contribution in [3.63, 3.8) is 0 Å². The molecule has 1 atom stereocenters. The number of carbonyl (C=O) groups is 1. The van der Waals surface area contributed by atoms with Gasteiger partial charge in [0, 0.05) is 12.5 Å². The van der Waals surface area contributed by atoms with Crippen LogP contribution >= 0.6 is 0 Å². The second kappa shape index (κ2) is 6.06. The molecule has 1 unspecified atom stereocenters. The van der Waals surface area contributed by atoms with Crippen LogP contribution in [0.3, 0.4) is 0 Å². The Bertz CT molecular complexity index is 243. The summed E-state index contributed by atoms with van der Waals surface area (Å²) in [5.74, 6) is 0.660. The Morgan fingerprint density at radius 1 is 1.47 bits per heavy atom. The molecular weight excluding hydrogens is 186 g/mol. The summed E-state index contributed by atoms with van der Waals surface area (Å²) in [6, 6.07) is 0. The zero-order valence-corrected chi connectivity index (χ0v) is 10.3. The fraction of sp³-hybridized carbons (Fsp3) is 0.769. The molecule has 1 aliphatic carbocycles. The van der Waals surface area contributed by atoms with Crippen molar-refractivity contribution in [2.24, 2.45) is 5.92 Å². The monoisotopic (exact) mass is 209 g/mol. The molecule has 0 aromatic heterocycles. The van der Waals surface area contributed by atoms with Gasteiger partial charge in [-0.1, -0.05) is 25.8 Å². The van der Waals surface area contributed by atoms with Gasteiger partial charge in [0.1, 0.15) is 0 Å². The van der Waals surface area contributed by atoms with Gasteiger partial charge in [0.2, 0.25) is 0 Å². The van der Waals surface area contributed by atoms with Gasteiger partial charge in [0.15, 0.2) is 5.78 Å². The van der Waals surface area contributed by atoms with Crippen molar-refractivity contribution < 1.29 is 4.79 Å². The predicted molar refractivity (Wildman–Crippen MR) is 63.9 cm³/mol. The Hall–Kier alpha value is -0.630. The zero-order valence-electron chi connectivity index (χ0n) is 10.3. The Balaban J connectivity index is 2.45. The highest BCUT2D eigenvalue weighted by Gasteiger charge is 2.28. The van der Waals surface area contributed by atoms with Crippen LogP contribution in [0.1, 0.15) is 39.0 Å². The van der Waals surface area contributed by atoms with E-state index >= 15 is 0 Å². The van der Waals surface area contributed by atoms with E-state index in [1.54, 1.807) is 0 Å². The summed E-state index contributed by atoms with van der Waals surface area (Å²) in [5.41, 5.74) is 1.09. The van der Waals surface area contributed by atoms with E-state index in [1.165, 1.54) is 12.8 Å². The first kappa shape index (κ1) is 12.4. The molecule has 0 saturated heterocycles. The summed E-state index contributed by atoms with van der Waals surface area (Å²) in [5, 5.41) is 0. The van der Waals surface area contributed by atoms with Crippen LogP contribution in [0.15, 0.2) is 11.6 Å². The lowest BCUT2D eigenvalue weighted by molar-refractivity contribution is -0.118. The summed E-state index contributed by atoms with van der Waals surface area (Å²) >= 11 is 0. The van der Waals surface area contributed by atoms with Crippen molar-refractivity contribution in [2.75, 3.05) is 20.6 Å². The molecule has 1 rings (SSSR count). The van der Waals surface area contributed by atoms with Gasteiger partial charge in [0.25, 0.3) is 0 Å². The zero-order chi connectivity index (χ0) is 11.3. The number of ketones is 1. The maximum atomic E-state index is 11.9. The van der Waals surface area contributed by atoms with Gasteiger partial charge in [-0.15, -0.1) is 0 Å². The smallest absolute Gasteiger partial charge is 0.162 e. The summed E-state index contributed by atoms with van der Waals surface area (Å²) < 4.78 is 0. The Kier molecular flexibility index (Phi) is 5.03. The number of unbranched alkanes of at least 4 members (excludes halogenated alkanes) is 2. The standard InChI is InChI=1S/C13H23NO/c1-4-5-6-7-11-8-9-12(13(11)15)10-14(2)3/h7,12H,4-6,8-10H2,1-3H3/b11-7-. The predicted octanol–water partition coefficient (Wildman–Crippen LogP) is 2.64. The molecule has 2 nitrogen and oxygen atoms in total. The molecule has 86 valence electrons. The molecule has 0 amide bonds. The Labute approximate surface area is 93.3 Å². The van der Waals surface area contributed by atoms with Gasteiger partial charge in [-0.05, 0) is 38.9 Å². The molecule has 1 fully saturated rings. The van der Waals surface area contributed by atoms with Crippen LogP contribution in [-0.4, -0.2) is 31.3 Å². The topological polar surface area (TPSA) is 20.3 Å². The fourth-order valence-corrected chi connectivity index (χ4v) is 2.14. The highest BCUT2D eigenvalue weighted by atomic mass is 16.1. The van der Waals surface area contributed by atoms with E-state index in [1.807, 2.05) is 14.1 Å². The van der Waals surface area contributed by atoms with E-state index in [2.05, 4.69) is 17.9 Å². The van der Waals surface area contributed by atoms with Crippen LogP contribution in [0.25, 0.3) is 0 Å². The van der Waals surface area contributed by atoms with Gasteiger partial charge in [-0.25, -0.2) is 0 Å². The number of nitrogens with zero attached hydrogens (tertiary/aromatic N) is 1. The summed E-state index contributed by atoms with van der Waals surface area (Å²) in [7, 11) is 4.07. The van der Waals surface area contributed by atoms with Crippen LogP contribution < -0.4 is 0 Å². The van der Waals surface area contributed by atoms with Crippen LogP contribution in [-0.2, 0) is 4.79 Å². The third kappa shape index (κ3) is 3.78. The number of rotatable bonds is 5. The minimum atomic E-state index is 0.257. The molecule has 2 heteroatoms. The largest absolute Gasteiger partial charge is 0.309 e. The van der Waals surface area contributed by atoms with Crippen LogP contribution in [0.5, 0.6) is 0 Å². The maximum Gasteiger partial charge on any atom is 0.162 e. The van der Waals surface area contributed by atoms with Crippen molar-refractivity contribution in [1.82, 2.24) is 4.90 Å². The first-order valence-corrected chi connectivity index (χ1v) is 6.03. The van der Waals surface area contributed by atoms with E-state index in [9.17, 15) is 4.79 Å². The van der Waals surface area contributed by atoms with E-state index in [4.69, 9.17) is 0 Å². The quantitative estimate of drug-likeness (QED) is 0.512. The molecule has 15 heavy (non-hydrogen) atoms. The maximum absolute atomic E-state index is 11.9. The number of Topliss-reactive ketones (excluding diaryl/α,β-unsaturated/α-hetero) is 1. The molecule has 0 aromatic rings. The average Bonchev–Trinajstić information content (AvgIpc) is 2.49. The number of allylic oxidation sites excluding steroid dienone is 2. The lowest BCUT2D eigenvalue weighted by Gasteiger charge is -2.13. The normalized spacial score (nSPS) is 24.4. The third-order valence-corrected chi connectivity index (χ3v) is 2.98. The second-order valence-corrected chi connectivity index (χ2v) is 4.73. The van der Waals surface area contributed by atoms with Crippen LogP contribution in [0, 0.1) is 5.92 Å². The number of hydrogen-bond donors (Lipinski definition) is 0. The van der Waals surface area contributed by atoms with Crippen LogP contribution in [0.2, 0.25) is 0 Å². The highest BCUT2D eigenvalue weighted by Crippen LogP contribution is 2.27. The third-order valence-electron chi connectivity index (χ3n) is 2.98. The number of hydrogen-bond acceptors (Lipinski definition) is 2. The molecule has 1 saturated carbocycles. The summed E-state index contributed by atoms with van der Waals surface area (Å²) in [6.45, 7) is 3.09. The molecular formula is C13H23NO. The molecule has 0 radical (unpaired) electrons. The fourth-order valence-electron chi connectivity index (χ4n) is 2.14. The van der Waals surface area contributed by atoms with Crippen molar-refractivity contribution in [2.45, 2.75) is 39.0 Å². The highest BCUT2D eigenvalue weighted by molar-refractivity contribution is 5.99. The van der Waals surface area contributed by atoms with E-state index < -0.39 is 0 Å². The van der Waals surface area contributed by atoms with E-state index in [0.29, 0.717) is 5.78 Å². The van der Waals surface area contributed by atoms with Gasteiger partial charge < -0.3 is 4.90 Å².